The molecule has 0 saturated heterocycles. The molecule has 0 aliphatic carbocycles. The van der Waals surface area contributed by atoms with E-state index < -0.39 is 5.54 Å². The van der Waals surface area contributed by atoms with Crippen molar-refractivity contribution in [2.75, 3.05) is 0 Å². The van der Waals surface area contributed by atoms with E-state index in [1.165, 1.54) is 0 Å². The second kappa shape index (κ2) is 6.63. The number of nitrogens with two attached hydrogens (primary N) is 1. The highest BCUT2D eigenvalue weighted by Crippen LogP contribution is 2.23. The van der Waals surface area contributed by atoms with Gasteiger partial charge in [0.2, 0.25) is 5.91 Å². The molecule has 22 heavy (non-hydrogen) atoms. The van der Waals surface area contributed by atoms with Gasteiger partial charge in [-0.15, -0.1) is 0 Å². The summed E-state index contributed by atoms with van der Waals surface area (Å²) in [6.45, 7) is 5.74. The quantitative estimate of drug-likeness (QED) is 0.870. The number of hydrogen-bond donors (Lipinski definition) is 2. The second-order valence-corrected chi connectivity index (χ2v) is 6.68. The summed E-state index contributed by atoms with van der Waals surface area (Å²) in [5.41, 5.74) is 8.23. The molecule has 2 unspecified atom stereocenters. The monoisotopic (exact) mass is 360 g/mol. The molecule has 1 amide bonds. The van der Waals surface area contributed by atoms with Gasteiger partial charge in [-0.1, -0.05) is 52.3 Å². The Morgan fingerprint density at radius 2 is 1.77 bits per heavy atom. The van der Waals surface area contributed by atoms with E-state index in [2.05, 4.69) is 21.2 Å². The molecule has 0 radical (unpaired) electrons. The van der Waals surface area contributed by atoms with Crippen LogP contribution in [0, 0.1) is 6.92 Å². The third-order valence-electron chi connectivity index (χ3n) is 3.92. The van der Waals surface area contributed by atoms with Crippen molar-refractivity contribution in [2.24, 2.45) is 5.73 Å². The maximum absolute atomic E-state index is 12.6. The lowest BCUT2D eigenvalue weighted by Crippen LogP contribution is -2.49. The average Bonchev–Trinajstić information content (AvgIpc) is 2.48. The van der Waals surface area contributed by atoms with Gasteiger partial charge in [-0.25, -0.2) is 0 Å². The molecule has 4 heteroatoms. The number of aryl methyl sites for hydroxylation is 1. The highest BCUT2D eigenvalue weighted by molar-refractivity contribution is 9.10. The van der Waals surface area contributed by atoms with Crippen molar-refractivity contribution in [3.05, 3.63) is 69.7 Å². The first-order valence-electron chi connectivity index (χ1n) is 7.24. The zero-order valence-corrected chi connectivity index (χ0v) is 14.6. The van der Waals surface area contributed by atoms with Gasteiger partial charge in [0.25, 0.3) is 0 Å². The van der Waals surface area contributed by atoms with E-state index in [4.69, 9.17) is 5.73 Å². The van der Waals surface area contributed by atoms with Crippen LogP contribution in [-0.2, 0) is 10.3 Å². The molecule has 2 aromatic rings. The lowest BCUT2D eigenvalue weighted by molar-refractivity contribution is -0.126. The van der Waals surface area contributed by atoms with E-state index in [1.807, 2.05) is 62.4 Å². The predicted molar refractivity (Wildman–Crippen MR) is 93.4 cm³/mol. The second-order valence-electron chi connectivity index (χ2n) is 5.76. The van der Waals surface area contributed by atoms with E-state index in [-0.39, 0.29) is 11.9 Å². The zero-order valence-electron chi connectivity index (χ0n) is 13.1. The summed E-state index contributed by atoms with van der Waals surface area (Å²) in [5.74, 6) is -0.189. The Labute approximate surface area is 140 Å². The summed E-state index contributed by atoms with van der Waals surface area (Å²) < 4.78 is 0.959. The molecule has 116 valence electrons. The Hall–Kier alpha value is -1.65. The molecule has 2 rings (SSSR count). The summed E-state index contributed by atoms with van der Waals surface area (Å²) in [6, 6.07) is 15.4. The van der Waals surface area contributed by atoms with Gasteiger partial charge in [0.1, 0.15) is 5.54 Å². The summed E-state index contributed by atoms with van der Waals surface area (Å²) in [7, 11) is 0. The van der Waals surface area contributed by atoms with E-state index in [1.54, 1.807) is 6.92 Å². The number of carbonyl (C=O) groups excluding carboxylic acids is 1. The molecule has 0 aliphatic heterocycles. The van der Waals surface area contributed by atoms with Crippen molar-refractivity contribution in [1.29, 1.82) is 0 Å². The molecule has 0 aliphatic rings. The van der Waals surface area contributed by atoms with Gasteiger partial charge in [-0.05, 0) is 49.6 Å². The van der Waals surface area contributed by atoms with Gasteiger partial charge in [0, 0.05) is 4.47 Å². The lowest BCUT2D eigenvalue weighted by Gasteiger charge is -2.27. The molecule has 0 saturated carbocycles. The minimum atomic E-state index is -1.07. The van der Waals surface area contributed by atoms with E-state index in [0.29, 0.717) is 0 Å². The highest BCUT2D eigenvalue weighted by atomic mass is 79.9. The third kappa shape index (κ3) is 3.57. The first-order valence-corrected chi connectivity index (χ1v) is 8.03. The van der Waals surface area contributed by atoms with Crippen LogP contribution in [0.5, 0.6) is 0 Å². The number of nitrogens with one attached hydrogen (secondary N) is 1. The lowest BCUT2D eigenvalue weighted by atomic mass is 9.91. The molecule has 0 fully saturated rings. The van der Waals surface area contributed by atoms with Gasteiger partial charge >= 0.3 is 0 Å². The van der Waals surface area contributed by atoms with Crippen LogP contribution in [0.4, 0.5) is 0 Å². The fourth-order valence-corrected chi connectivity index (χ4v) is 2.69. The first-order chi connectivity index (χ1) is 10.3. The van der Waals surface area contributed by atoms with Crippen molar-refractivity contribution in [2.45, 2.75) is 32.4 Å². The average molecular weight is 361 g/mol. The number of amides is 1. The minimum absolute atomic E-state index is 0.0907. The standard InChI is InChI=1S/C18H21BrN2O/c1-12-6-4-5-7-16(12)13(2)21-17(22)18(3,20)14-8-10-15(19)11-9-14/h4-11,13H,20H2,1-3H3,(H,21,22). The number of hydrogen-bond acceptors (Lipinski definition) is 2. The van der Waals surface area contributed by atoms with Crippen LogP contribution in [0.15, 0.2) is 53.0 Å². The van der Waals surface area contributed by atoms with Crippen LogP contribution in [0.3, 0.4) is 0 Å². The Morgan fingerprint density at radius 1 is 1.18 bits per heavy atom. The molecule has 0 bridgehead atoms. The molecular formula is C18H21BrN2O. The van der Waals surface area contributed by atoms with Crippen LogP contribution in [0.1, 0.15) is 36.6 Å². The van der Waals surface area contributed by atoms with Crippen LogP contribution in [0.25, 0.3) is 0 Å². The van der Waals surface area contributed by atoms with Crippen molar-refractivity contribution >= 4 is 21.8 Å². The summed E-state index contributed by atoms with van der Waals surface area (Å²) >= 11 is 3.39. The van der Waals surface area contributed by atoms with Gasteiger partial charge in [-0.2, -0.15) is 0 Å². The largest absolute Gasteiger partial charge is 0.348 e. The maximum atomic E-state index is 12.6. The Balaban J connectivity index is 2.17. The Kier molecular flexibility index (Phi) is 5.04. The summed E-state index contributed by atoms with van der Waals surface area (Å²) in [4.78, 5) is 12.6. The Morgan fingerprint density at radius 3 is 2.36 bits per heavy atom. The third-order valence-corrected chi connectivity index (χ3v) is 4.45. The first kappa shape index (κ1) is 16.7. The van der Waals surface area contributed by atoms with Crippen molar-refractivity contribution in [3.8, 4) is 0 Å². The van der Waals surface area contributed by atoms with Crippen LogP contribution in [0.2, 0.25) is 0 Å². The molecule has 3 nitrogen and oxygen atoms in total. The predicted octanol–water partition coefficient (Wildman–Crippen LogP) is 3.81. The molecular weight excluding hydrogens is 340 g/mol. The SMILES string of the molecule is Cc1ccccc1C(C)NC(=O)C(C)(N)c1ccc(Br)cc1. The molecule has 0 heterocycles. The summed E-state index contributed by atoms with van der Waals surface area (Å²) in [5, 5.41) is 3.01. The fraction of sp³-hybridized carbons (Fsp3) is 0.278. The number of carbonyl (C=O) groups is 1. The van der Waals surface area contributed by atoms with Crippen LogP contribution >= 0.6 is 15.9 Å². The van der Waals surface area contributed by atoms with E-state index in [0.717, 1.165) is 21.2 Å². The Bertz CT molecular complexity index is 665. The molecule has 2 atom stereocenters. The van der Waals surface area contributed by atoms with Crippen molar-refractivity contribution in [3.63, 3.8) is 0 Å². The van der Waals surface area contributed by atoms with Crippen LogP contribution < -0.4 is 11.1 Å². The van der Waals surface area contributed by atoms with Gasteiger partial charge < -0.3 is 11.1 Å². The van der Waals surface area contributed by atoms with E-state index >= 15 is 0 Å². The summed E-state index contributed by atoms with van der Waals surface area (Å²) in [6.07, 6.45) is 0. The maximum Gasteiger partial charge on any atom is 0.244 e. The van der Waals surface area contributed by atoms with E-state index in [9.17, 15) is 4.79 Å². The van der Waals surface area contributed by atoms with Gasteiger partial charge in [0.05, 0.1) is 6.04 Å². The molecule has 0 spiro atoms. The van der Waals surface area contributed by atoms with Crippen LogP contribution in [-0.4, -0.2) is 5.91 Å². The van der Waals surface area contributed by atoms with Crippen molar-refractivity contribution < 1.29 is 4.79 Å². The smallest absolute Gasteiger partial charge is 0.244 e. The topological polar surface area (TPSA) is 55.1 Å². The fourth-order valence-electron chi connectivity index (χ4n) is 2.42. The molecule has 0 aromatic heterocycles. The number of benzene rings is 2. The van der Waals surface area contributed by atoms with Gasteiger partial charge in [-0.3, -0.25) is 4.79 Å². The number of rotatable bonds is 4. The highest BCUT2D eigenvalue weighted by Gasteiger charge is 2.31. The number of halogens is 1. The van der Waals surface area contributed by atoms with Crippen molar-refractivity contribution in [1.82, 2.24) is 5.32 Å². The molecule has 2 aromatic carbocycles. The minimum Gasteiger partial charge on any atom is -0.348 e. The normalized spacial score (nSPS) is 15.0. The van der Waals surface area contributed by atoms with Gasteiger partial charge in [0.15, 0.2) is 0 Å². The zero-order chi connectivity index (χ0) is 16.3. The molecule has 3 N–H and O–H groups in total.